The summed E-state index contributed by atoms with van der Waals surface area (Å²) in [5, 5.41) is 17.9. The second-order valence-electron chi connectivity index (χ2n) is 4.16. The summed E-state index contributed by atoms with van der Waals surface area (Å²) in [5.74, 6) is -0.0259. The third-order valence-electron chi connectivity index (χ3n) is 3.00. The normalized spacial score (nSPS) is 20.8. The van der Waals surface area contributed by atoms with Crippen LogP contribution in [0.15, 0.2) is 23.2 Å². The molecule has 1 saturated heterocycles. The van der Waals surface area contributed by atoms with Gasteiger partial charge in [-0.2, -0.15) is 9.57 Å². The third-order valence-corrected chi connectivity index (χ3v) is 4.90. The molecule has 0 amide bonds. The molecule has 18 heavy (non-hydrogen) atoms. The molecule has 1 aliphatic heterocycles. The third kappa shape index (κ3) is 2.22. The summed E-state index contributed by atoms with van der Waals surface area (Å²) in [7, 11) is -3.69. The van der Waals surface area contributed by atoms with Crippen LogP contribution in [0.4, 0.5) is 0 Å². The van der Waals surface area contributed by atoms with E-state index in [0.717, 1.165) is 0 Å². The molecule has 1 aliphatic rings. The number of hydrogen-bond donors (Lipinski definition) is 1. The number of sulfonamides is 1. The fourth-order valence-electron chi connectivity index (χ4n) is 1.99. The van der Waals surface area contributed by atoms with Crippen molar-refractivity contribution in [2.24, 2.45) is 5.92 Å². The summed E-state index contributed by atoms with van der Waals surface area (Å²) in [4.78, 5) is 3.69. The van der Waals surface area contributed by atoms with Crippen LogP contribution in [-0.2, 0) is 10.0 Å². The minimum absolute atomic E-state index is 0.0236. The predicted molar refractivity (Wildman–Crippen MR) is 62.9 cm³/mol. The zero-order valence-electron chi connectivity index (χ0n) is 9.65. The van der Waals surface area contributed by atoms with Crippen molar-refractivity contribution in [1.29, 1.82) is 5.26 Å². The molecule has 0 aromatic carbocycles. The summed E-state index contributed by atoms with van der Waals surface area (Å²) in [6.07, 6.45) is 2.02. The van der Waals surface area contributed by atoms with Gasteiger partial charge in [0, 0.05) is 25.9 Å². The van der Waals surface area contributed by atoms with Gasteiger partial charge in [-0.1, -0.05) is 0 Å². The first kappa shape index (κ1) is 13.0. The monoisotopic (exact) mass is 267 g/mol. The topological polar surface area (TPSA) is 94.3 Å². The summed E-state index contributed by atoms with van der Waals surface area (Å²) in [6.45, 7) is 0.635. The van der Waals surface area contributed by atoms with Crippen molar-refractivity contribution in [3.8, 4) is 6.07 Å². The average Bonchev–Trinajstić information content (AvgIpc) is 2.88. The van der Waals surface area contributed by atoms with E-state index < -0.39 is 10.0 Å². The van der Waals surface area contributed by atoms with Crippen LogP contribution in [0, 0.1) is 17.2 Å². The minimum atomic E-state index is -3.69. The molecule has 1 fully saturated rings. The van der Waals surface area contributed by atoms with Crippen LogP contribution < -0.4 is 0 Å². The number of rotatable bonds is 3. The van der Waals surface area contributed by atoms with E-state index in [-0.39, 0.29) is 23.1 Å². The number of nitriles is 1. The lowest BCUT2D eigenvalue weighted by molar-refractivity contribution is 0.233. The molecule has 0 aliphatic carbocycles. The van der Waals surface area contributed by atoms with Gasteiger partial charge in [-0.05, 0) is 24.5 Å². The number of pyridine rings is 1. The standard InChI is InChI=1S/C11H13N3O3S/c12-6-10-11(2-1-4-13-10)18(16,17)14-5-3-9(7-14)8-15/h1-2,4,9,15H,3,5,7-8H2. The van der Waals surface area contributed by atoms with Crippen molar-refractivity contribution < 1.29 is 13.5 Å². The summed E-state index contributed by atoms with van der Waals surface area (Å²) in [6, 6.07) is 4.66. The van der Waals surface area contributed by atoms with Crippen molar-refractivity contribution in [3.63, 3.8) is 0 Å². The highest BCUT2D eigenvalue weighted by molar-refractivity contribution is 7.89. The Balaban J connectivity index is 2.35. The van der Waals surface area contributed by atoms with E-state index in [1.54, 1.807) is 6.07 Å². The van der Waals surface area contributed by atoms with Gasteiger partial charge in [0.05, 0.1) is 0 Å². The van der Waals surface area contributed by atoms with Gasteiger partial charge in [0.1, 0.15) is 11.0 Å². The molecule has 2 rings (SSSR count). The van der Waals surface area contributed by atoms with Crippen molar-refractivity contribution in [2.45, 2.75) is 11.3 Å². The van der Waals surface area contributed by atoms with Gasteiger partial charge in [-0.15, -0.1) is 0 Å². The van der Waals surface area contributed by atoms with Crippen molar-refractivity contribution in [1.82, 2.24) is 9.29 Å². The second-order valence-corrected chi connectivity index (χ2v) is 6.07. The summed E-state index contributed by atoms with van der Waals surface area (Å²) >= 11 is 0. The first-order valence-electron chi connectivity index (χ1n) is 5.55. The number of nitrogens with zero attached hydrogens (tertiary/aromatic N) is 3. The average molecular weight is 267 g/mol. The molecule has 0 radical (unpaired) electrons. The Bertz CT molecular complexity index is 579. The fourth-order valence-corrected chi connectivity index (χ4v) is 3.61. The molecular weight excluding hydrogens is 254 g/mol. The number of aromatic nitrogens is 1. The molecule has 96 valence electrons. The number of hydrogen-bond acceptors (Lipinski definition) is 5. The summed E-state index contributed by atoms with van der Waals surface area (Å²) in [5.41, 5.74) is -0.0926. The molecule has 2 heterocycles. The molecule has 6 nitrogen and oxygen atoms in total. The van der Waals surface area contributed by atoms with Gasteiger partial charge < -0.3 is 5.11 Å². The van der Waals surface area contributed by atoms with Crippen molar-refractivity contribution in [2.75, 3.05) is 19.7 Å². The Morgan fingerprint density at radius 1 is 1.61 bits per heavy atom. The molecule has 1 aromatic rings. The lowest BCUT2D eigenvalue weighted by Crippen LogP contribution is -2.30. The Hall–Kier alpha value is -1.49. The maximum absolute atomic E-state index is 12.3. The highest BCUT2D eigenvalue weighted by Crippen LogP contribution is 2.25. The lowest BCUT2D eigenvalue weighted by Gasteiger charge is -2.16. The zero-order valence-corrected chi connectivity index (χ0v) is 10.5. The Morgan fingerprint density at radius 2 is 2.39 bits per heavy atom. The van der Waals surface area contributed by atoms with Gasteiger partial charge in [-0.3, -0.25) is 0 Å². The molecule has 0 spiro atoms. The van der Waals surface area contributed by atoms with Crippen LogP contribution in [0.3, 0.4) is 0 Å². The molecule has 1 unspecified atom stereocenters. The maximum Gasteiger partial charge on any atom is 0.245 e. The van der Waals surface area contributed by atoms with Crippen LogP contribution in [-0.4, -0.2) is 42.5 Å². The van der Waals surface area contributed by atoms with E-state index in [1.165, 1.54) is 22.6 Å². The highest BCUT2D eigenvalue weighted by Gasteiger charge is 2.33. The van der Waals surface area contributed by atoms with E-state index in [0.29, 0.717) is 19.5 Å². The van der Waals surface area contributed by atoms with Gasteiger partial charge in [-0.25, -0.2) is 13.4 Å². The Labute approximate surface area is 106 Å². The van der Waals surface area contributed by atoms with E-state index in [1.807, 2.05) is 0 Å². The van der Waals surface area contributed by atoms with Crippen molar-refractivity contribution in [3.05, 3.63) is 24.0 Å². The lowest BCUT2D eigenvalue weighted by atomic mass is 10.1. The van der Waals surface area contributed by atoms with E-state index in [4.69, 9.17) is 10.4 Å². The van der Waals surface area contributed by atoms with E-state index >= 15 is 0 Å². The van der Waals surface area contributed by atoms with E-state index in [9.17, 15) is 8.42 Å². The van der Waals surface area contributed by atoms with Crippen LogP contribution >= 0.6 is 0 Å². The highest BCUT2D eigenvalue weighted by atomic mass is 32.2. The quantitative estimate of drug-likeness (QED) is 0.829. The van der Waals surface area contributed by atoms with Gasteiger partial charge in [0.2, 0.25) is 10.0 Å². The molecule has 7 heteroatoms. The van der Waals surface area contributed by atoms with E-state index in [2.05, 4.69) is 4.98 Å². The van der Waals surface area contributed by atoms with Gasteiger partial charge >= 0.3 is 0 Å². The van der Waals surface area contributed by atoms with Crippen LogP contribution in [0.2, 0.25) is 0 Å². The molecule has 0 bridgehead atoms. The first-order chi connectivity index (χ1) is 8.59. The number of aliphatic hydroxyl groups excluding tert-OH is 1. The van der Waals surface area contributed by atoms with Crippen LogP contribution in [0.5, 0.6) is 0 Å². The first-order valence-corrected chi connectivity index (χ1v) is 6.99. The fraction of sp³-hybridized carbons (Fsp3) is 0.455. The predicted octanol–water partition coefficient (Wildman–Crippen LogP) is -0.0438. The molecule has 1 N–H and O–H groups in total. The van der Waals surface area contributed by atoms with Crippen molar-refractivity contribution >= 4 is 10.0 Å². The molecular formula is C11H13N3O3S. The van der Waals surface area contributed by atoms with Gasteiger partial charge in [0.25, 0.3) is 0 Å². The van der Waals surface area contributed by atoms with Crippen LogP contribution in [0.1, 0.15) is 12.1 Å². The number of aliphatic hydroxyl groups is 1. The van der Waals surface area contributed by atoms with Gasteiger partial charge in [0.15, 0.2) is 5.69 Å². The SMILES string of the molecule is N#Cc1ncccc1S(=O)(=O)N1CCC(CO)C1. The molecule has 0 saturated carbocycles. The Kier molecular flexibility index (Phi) is 3.61. The second kappa shape index (κ2) is 5.02. The smallest absolute Gasteiger partial charge is 0.245 e. The largest absolute Gasteiger partial charge is 0.396 e. The summed E-state index contributed by atoms with van der Waals surface area (Å²) < 4.78 is 26.0. The maximum atomic E-state index is 12.3. The van der Waals surface area contributed by atoms with Crippen LogP contribution in [0.25, 0.3) is 0 Å². The Morgan fingerprint density at radius 3 is 3.00 bits per heavy atom. The molecule has 1 aromatic heterocycles. The minimum Gasteiger partial charge on any atom is -0.396 e. The molecule has 1 atom stereocenters. The zero-order chi connectivity index (χ0) is 13.2.